The molecule has 0 unspecified atom stereocenters. The first kappa shape index (κ1) is 17.8. The van der Waals surface area contributed by atoms with E-state index in [-0.39, 0.29) is 6.61 Å². The molecule has 0 atom stereocenters. The van der Waals surface area contributed by atoms with Crippen LogP contribution in [0.15, 0.2) is 60.7 Å². The van der Waals surface area contributed by atoms with Crippen LogP contribution in [-0.4, -0.2) is 21.5 Å². The summed E-state index contributed by atoms with van der Waals surface area (Å²) in [6.07, 6.45) is 0. The lowest BCUT2D eigenvalue weighted by Crippen LogP contribution is -2.12. The molecule has 0 radical (unpaired) electrons. The number of nitrogens with two attached hydrogens (primary N) is 2. The Hall–Kier alpha value is -3.64. The molecule has 2 amide bonds. The van der Waals surface area contributed by atoms with Gasteiger partial charge in [-0.25, -0.2) is 0 Å². The quantitative estimate of drug-likeness (QED) is 0.500. The first-order valence-electron chi connectivity index (χ1n) is 8.83. The van der Waals surface area contributed by atoms with E-state index in [0.29, 0.717) is 17.7 Å². The Morgan fingerprint density at radius 2 is 1.64 bits per heavy atom. The van der Waals surface area contributed by atoms with E-state index in [1.807, 2.05) is 30.3 Å². The third-order valence-corrected chi connectivity index (χ3v) is 4.96. The van der Waals surface area contributed by atoms with E-state index in [9.17, 15) is 14.7 Å². The molecule has 3 aromatic carbocycles. The average Bonchev–Trinajstić information content (AvgIpc) is 3.01. The summed E-state index contributed by atoms with van der Waals surface area (Å²) < 4.78 is 2.05. The Labute approximate surface area is 161 Å². The fourth-order valence-corrected chi connectivity index (χ4v) is 3.67. The highest BCUT2D eigenvalue weighted by Gasteiger charge is 2.17. The van der Waals surface area contributed by atoms with Gasteiger partial charge in [0, 0.05) is 34.0 Å². The minimum absolute atomic E-state index is 0.0860. The molecule has 4 aromatic rings. The molecule has 1 heterocycles. The highest BCUT2D eigenvalue weighted by atomic mass is 16.3. The predicted molar refractivity (Wildman–Crippen MR) is 108 cm³/mol. The second-order valence-corrected chi connectivity index (χ2v) is 6.72. The van der Waals surface area contributed by atoms with Crippen molar-refractivity contribution in [3.05, 3.63) is 82.9 Å². The van der Waals surface area contributed by atoms with E-state index in [2.05, 4.69) is 4.57 Å². The van der Waals surface area contributed by atoms with Crippen LogP contribution < -0.4 is 11.5 Å². The Morgan fingerprint density at radius 1 is 0.857 bits per heavy atom. The standard InChI is InChI=1S/C22H19N3O3/c23-21(27)15-4-1-3-13(9-15)11-25-18-6-2-5-17(22(24)28)20(18)16-8-7-14(12-26)10-19(16)25/h1-10,26H,11-12H2,(H2,23,27)(H2,24,28). The zero-order chi connectivity index (χ0) is 19.8. The molecule has 1 aromatic heterocycles. The molecule has 0 saturated heterocycles. The summed E-state index contributed by atoms with van der Waals surface area (Å²) in [5.41, 5.74) is 15.3. The van der Waals surface area contributed by atoms with Gasteiger partial charge in [-0.3, -0.25) is 9.59 Å². The molecule has 0 fully saturated rings. The van der Waals surface area contributed by atoms with Crippen LogP contribution in [-0.2, 0) is 13.2 Å². The van der Waals surface area contributed by atoms with E-state index in [4.69, 9.17) is 11.5 Å². The zero-order valence-electron chi connectivity index (χ0n) is 15.1. The lowest BCUT2D eigenvalue weighted by Gasteiger charge is -2.09. The molecule has 6 heteroatoms. The fraction of sp³-hybridized carbons (Fsp3) is 0.0909. The molecule has 0 spiro atoms. The van der Waals surface area contributed by atoms with Gasteiger partial charge >= 0.3 is 0 Å². The number of hydrogen-bond donors (Lipinski definition) is 3. The van der Waals surface area contributed by atoms with Crippen molar-refractivity contribution in [1.29, 1.82) is 0 Å². The number of carbonyl (C=O) groups is 2. The SMILES string of the molecule is NC(=O)c1cccc(Cn2c3cc(CO)ccc3c3c(C(N)=O)cccc32)c1. The Kier molecular flexibility index (Phi) is 4.33. The maximum atomic E-state index is 12.0. The molecule has 0 aliphatic rings. The molecule has 28 heavy (non-hydrogen) atoms. The van der Waals surface area contributed by atoms with E-state index >= 15 is 0 Å². The van der Waals surface area contributed by atoms with Crippen LogP contribution in [0.3, 0.4) is 0 Å². The van der Waals surface area contributed by atoms with Gasteiger partial charge < -0.3 is 21.1 Å². The fourth-order valence-electron chi connectivity index (χ4n) is 3.67. The van der Waals surface area contributed by atoms with Crippen molar-refractivity contribution in [2.45, 2.75) is 13.2 Å². The molecule has 4 rings (SSSR count). The van der Waals surface area contributed by atoms with Gasteiger partial charge in [0.05, 0.1) is 12.1 Å². The van der Waals surface area contributed by atoms with Gasteiger partial charge in [-0.1, -0.05) is 30.3 Å². The first-order chi connectivity index (χ1) is 13.5. The number of aliphatic hydroxyl groups excluding tert-OH is 1. The maximum Gasteiger partial charge on any atom is 0.249 e. The van der Waals surface area contributed by atoms with E-state index < -0.39 is 11.8 Å². The van der Waals surface area contributed by atoms with Crippen molar-refractivity contribution in [1.82, 2.24) is 4.57 Å². The number of rotatable bonds is 5. The third-order valence-electron chi connectivity index (χ3n) is 4.96. The van der Waals surface area contributed by atoms with Gasteiger partial charge in [-0.2, -0.15) is 0 Å². The van der Waals surface area contributed by atoms with Crippen LogP contribution in [0, 0.1) is 0 Å². The third kappa shape index (κ3) is 2.90. The highest BCUT2D eigenvalue weighted by Crippen LogP contribution is 2.33. The lowest BCUT2D eigenvalue weighted by atomic mass is 10.0. The number of hydrogen-bond acceptors (Lipinski definition) is 3. The normalized spacial score (nSPS) is 11.2. The van der Waals surface area contributed by atoms with Crippen molar-refractivity contribution >= 4 is 33.6 Å². The number of fused-ring (bicyclic) bond motifs is 3. The molecular weight excluding hydrogens is 354 g/mol. The molecule has 0 aliphatic heterocycles. The summed E-state index contributed by atoms with van der Waals surface area (Å²) in [5.74, 6) is -0.978. The Morgan fingerprint density at radius 3 is 2.36 bits per heavy atom. The molecule has 0 bridgehead atoms. The molecule has 140 valence electrons. The first-order valence-corrected chi connectivity index (χ1v) is 8.83. The van der Waals surface area contributed by atoms with Crippen molar-refractivity contribution in [2.75, 3.05) is 0 Å². The van der Waals surface area contributed by atoms with Crippen molar-refractivity contribution in [3.63, 3.8) is 0 Å². The van der Waals surface area contributed by atoms with Crippen LogP contribution in [0.2, 0.25) is 0 Å². The van der Waals surface area contributed by atoms with Gasteiger partial charge in [0.1, 0.15) is 0 Å². The molecular formula is C22H19N3O3. The van der Waals surface area contributed by atoms with Crippen molar-refractivity contribution in [2.24, 2.45) is 11.5 Å². The molecule has 5 N–H and O–H groups in total. The second-order valence-electron chi connectivity index (χ2n) is 6.72. The smallest absolute Gasteiger partial charge is 0.249 e. The summed E-state index contributed by atoms with van der Waals surface area (Å²) >= 11 is 0. The molecule has 6 nitrogen and oxygen atoms in total. The summed E-state index contributed by atoms with van der Waals surface area (Å²) in [7, 11) is 0. The van der Waals surface area contributed by atoms with Crippen LogP contribution in [0.1, 0.15) is 31.8 Å². The number of aromatic nitrogens is 1. The van der Waals surface area contributed by atoms with Crippen LogP contribution >= 0.6 is 0 Å². The largest absolute Gasteiger partial charge is 0.392 e. The predicted octanol–water partition coefficient (Wildman–Crippen LogP) is 2.53. The van der Waals surface area contributed by atoms with Crippen LogP contribution in [0.25, 0.3) is 21.8 Å². The van der Waals surface area contributed by atoms with Gasteiger partial charge in [0.15, 0.2) is 0 Å². The van der Waals surface area contributed by atoms with Gasteiger partial charge in [0.2, 0.25) is 11.8 Å². The maximum absolute atomic E-state index is 12.0. The van der Waals surface area contributed by atoms with Gasteiger partial charge in [-0.15, -0.1) is 0 Å². The number of nitrogens with zero attached hydrogens (tertiary/aromatic N) is 1. The number of aliphatic hydroxyl groups is 1. The lowest BCUT2D eigenvalue weighted by molar-refractivity contribution is 0.0992. The number of carbonyl (C=O) groups excluding carboxylic acids is 2. The number of amides is 2. The van der Waals surface area contributed by atoms with Crippen LogP contribution in [0.5, 0.6) is 0 Å². The van der Waals surface area contributed by atoms with E-state index in [1.54, 1.807) is 30.3 Å². The molecule has 0 aliphatic carbocycles. The van der Waals surface area contributed by atoms with E-state index in [0.717, 1.165) is 32.9 Å². The van der Waals surface area contributed by atoms with Gasteiger partial charge in [-0.05, 0) is 41.5 Å². The van der Waals surface area contributed by atoms with Gasteiger partial charge in [0.25, 0.3) is 0 Å². The van der Waals surface area contributed by atoms with Crippen molar-refractivity contribution < 1.29 is 14.7 Å². The molecule has 0 saturated carbocycles. The summed E-state index contributed by atoms with van der Waals surface area (Å²) in [6, 6.07) is 18.2. The minimum Gasteiger partial charge on any atom is -0.392 e. The summed E-state index contributed by atoms with van der Waals surface area (Å²) in [5, 5.41) is 11.2. The Balaban J connectivity index is 2.00. The average molecular weight is 373 g/mol. The van der Waals surface area contributed by atoms with E-state index in [1.165, 1.54) is 0 Å². The second kappa shape index (κ2) is 6.83. The minimum atomic E-state index is -0.494. The Bertz CT molecular complexity index is 1240. The summed E-state index contributed by atoms with van der Waals surface area (Å²) in [4.78, 5) is 23.5. The monoisotopic (exact) mass is 373 g/mol. The number of benzene rings is 3. The number of primary amides is 2. The zero-order valence-corrected chi connectivity index (χ0v) is 15.1. The van der Waals surface area contributed by atoms with Crippen molar-refractivity contribution in [3.8, 4) is 0 Å². The highest BCUT2D eigenvalue weighted by molar-refractivity contribution is 6.18. The topological polar surface area (TPSA) is 111 Å². The summed E-state index contributed by atoms with van der Waals surface area (Å²) in [6.45, 7) is 0.384. The van der Waals surface area contributed by atoms with Crippen LogP contribution in [0.4, 0.5) is 0 Å².